The van der Waals surface area contributed by atoms with Gasteiger partial charge in [-0.15, -0.1) is 0 Å². The van der Waals surface area contributed by atoms with Crippen LogP contribution in [0.2, 0.25) is 0 Å². The molecule has 156 valence electrons. The molecule has 1 amide bonds. The third-order valence-corrected chi connectivity index (χ3v) is 5.15. The summed E-state index contributed by atoms with van der Waals surface area (Å²) in [7, 11) is 2.81. The number of ether oxygens (including phenoxy) is 2. The summed E-state index contributed by atoms with van der Waals surface area (Å²) in [6.45, 7) is 6.71. The maximum absolute atomic E-state index is 13.0. The monoisotopic (exact) mass is 404 g/mol. The van der Waals surface area contributed by atoms with E-state index in [4.69, 9.17) is 14.0 Å². The number of carbonyl (C=O) groups excluding carboxylic acids is 1. The van der Waals surface area contributed by atoms with Crippen LogP contribution >= 0.6 is 0 Å². The van der Waals surface area contributed by atoms with Crippen molar-refractivity contribution >= 4 is 11.6 Å². The number of hydrogen-bond acceptors (Lipinski definition) is 8. The summed E-state index contributed by atoms with van der Waals surface area (Å²) in [4.78, 5) is 27.7. The number of piperazine rings is 1. The third-order valence-electron chi connectivity index (χ3n) is 5.15. The molecule has 10 heteroatoms. The van der Waals surface area contributed by atoms with Crippen molar-refractivity contribution in [1.82, 2.24) is 15.0 Å². The first-order chi connectivity index (χ1) is 13.8. The minimum atomic E-state index is -0.580. The molecule has 3 rings (SSSR count). The molecule has 1 aromatic heterocycles. The van der Waals surface area contributed by atoms with Crippen LogP contribution in [0.15, 0.2) is 16.7 Å². The molecule has 2 heterocycles. The zero-order chi connectivity index (χ0) is 21.1. The van der Waals surface area contributed by atoms with Gasteiger partial charge in [0, 0.05) is 44.4 Å². The lowest BCUT2D eigenvalue weighted by molar-refractivity contribution is -0.385. The summed E-state index contributed by atoms with van der Waals surface area (Å²) < 4.78 is 15.5. The van der Waals surface area contributed by atoms with Crippen LogP contribution in [-0.2, 0) is 6.54 Å². The predicted molar refractivity (Wildman–Crippen MR) is 103 cm³/mol. The number of nitrogens with zero attached hydrogens (tertiary/aromatic N) is 4. The molecule has 10 nitrogen and oxygen atoms in total. The molecule has 1 aliphatic heterocycles. The largest absolute Gasteiger partial charge is 0.493 e. The number of aryl methyl sites for hydroxylation is 2. The Morgan fingerprint density at radius 2 is 1.79 bits per heavy atom. The van der Waals surface area contributed by atoms with E-state index in [9.17, 15) is 14.9 Å². The Morgan fingerprint density at radius 3 is 2.31 bits per heavy atom. The Morgan fingerprint density at radius 1 is 1.17 bits per heavy atom. The molecule has 0 spiro atoms. The fourth-order valence-corrected chi connectivity index (χ4v) is 3.42. The molecule has 2 aromatic rings. The molecule has 1 fully saturated rings. The lowest BCUT2D eigenvalue weighted by Gasteiger charge is -2.34. The van der Waals surface area contributed by atoms with Crippen molar-refractivity contribution in [2.45, 2.75) is 20.4 Å². The van der Waals surface area contributed by atoms with Crippen LogP contribution in [0.1, 0.15) is 27.4 Å². The molecular formula is C19H24N4O6. The van der Waals surface area contributed by atoms with Gasteiger partial charge in [0.25, 0.3) is 11.6 Å². The van der Waals surface area contributed by atoms with Crippen LogP contribution < -0.4 is 9.47 Å². The number of rotatable bonds is 6. The number of methoxy groups -OCH3 is 2. The van der Waals surface area contributed by atoms with Crippen LogP contribution in [0.25, 0.3) is 0 Å². The van der Waals surface area contributed by atoms with Gasteiger partial charge >= 0.3 is 0 Å². The summed E-state index contributed by atoms with van der Waals surface area (Å²) in [5, 5.41) is 15.5. The topological polar surface area (TPSA) is 111 Å². The van der Waals surface area contributed by atoms with Gasteiger partial charge in [0.05, 0.1) is 30.9 Å². The van der Waals surface area contributed by atoms with Crippen LogP contribution in [0.3, 0.4) is 0 Å². The van der Waals surface area contributed by atoms with E-state index in [-0.39, 0.29) is 22.7 Å². The number of nitro benzene ring substituents is 1. The van der Waals surface area contributed by atoms with Gasteiger partial charge in [-0.25, -0.2) is 0 Å². The number of carbonyl (C=O) groups is 1. The molecule has 0 unspecified atom stereocenters. The van der Waals surface area contributed by atoms with Crippen LogP contribution in [0.4, 0.5) is 5.69 Å². The molecule has 1 aromatic carbocycles. The first-order valence-corrected chi connectivity index (χ1v) is 9.19. The fraction of sp³-hybridized carbons (Fsp3) is 0.474. The number of nitro groups is 1. The molecule has 0 aliphatic carbocycles. The Labute approximate surface area is 168 Å². The van der Waals surface area contributed by atoms with E-state index in [1.165, 1.54) is 26.4 Å². The van der Waals surface area contributed by atoms with E-state index >= 15 is 0 Å². The normalized spacial score (nSPS) is 14.7. The number of aromatic nitrogens is 1. The number of benzene rings is 1. The summed E-state index contributed by atoms with van der Waals surface area (Å²) >= 11 is 0. The lowest BCUT2D eigenvalue weighted by Crippen LogP contribution is -2.48. The zero-order valence-corrected chi connectivity index (χ0v) is 16.9. The molecule has 0 saturated carbocycles. The average molecular weight is 404 g/mol. The van der Waals surface area contributed by atoms with Crippen molar-refractivity contribution in [2.75, 3.05) is 40.4 Å². The van der Waals surface area contributed by atoms with Crippen LogP contribution in [-0.4, -0.2) is 66.2 Å². The van der Waals surface area contributed by atoms with Gasteiger partial charge in [-0.05, 0) is 13.8 Å². The van der Waals surface area contributed by atoms with Gasteiger partial charge in [-0.3, -0.25) is 19.8 Å². The van der Waals surface area contributed by atoms with Crippen molar-refractivity contribution in [2.24, 2.45) is 0 Å². The lowest BCUT2D eigenvalue weighted by atomic mass is 10.1. The smallest absolute Gasteiger partial charge is 0.286 e. The molecule has 0 atom stereocenters. The minimum absolute atomic E-state index is 0.00757. The first-order valence-electron chi connectivity index (χ1n) is 9.19. The molecule has 29 heavy (non-hydrogen) atoms. The number of hydrogen-bond donors (Lipinski definition) is 0. The van der Waals surface area contributed by atoms with Gasteiger partial charge in [-0.2, -0.15) is 0 Å². The number of amides is 1. The van der Waals surface area contributed by atoms with E-state index in [0.717, 1.165) is 17.0 Å². The SMILES string of the molecule is COc1cc(C(=O)N2CCN(Cc3c(C)noc3C)CC2)c([N+](=O)[O-])cc1OC. The summed E-state index contributed by atoms with van der Waals surface area (Å²) in [5.74, 6) is 0.884. The van der Waals surface area contributed by atoms with Crippen LogP contribution in [0, 0.1) is 24.0 Å². The van der Waals surface area contributed by atoms with Crippen molar-refractivity contribution in [3.63, 3.8) is 0 Å². The Balaban J connectivity index is 1.74. The summed E-state index contributed by atoms with van der Waals surface area (Å²) in [6, 6.07) is 2.59. The maximum atomic E-state index is 13.0. The van der Waals surface area contributed by atoms with Crippen molar-refractivity contribution < 1.29 is 23.7 Å². The van der Waals surface area contributed by atoms with Crippen molar-refractivity contribution in [1.29, 1.82) is 0 Å². The van der Waals surface area contributed by atoms with Crippen LogP contribution in [0.5, 0.6) is 11.5 Å². The van der Waals surface area contributed by atoms with E-state index in [1.54, 1.807) is 4.90 Å². The highest BCUT2D eigenvalue weighted by Crippen LogP contribution is 2.35. The summed E-state index contributed by atoms with van der Waals surface area (Å²) in [5.41, 5.74) is 1.61. The molecule has 1 aliphatic rings. The Bertz CT molecular complexity index is 898. The molecular weight excluding hydrogens is 380 g/mol. The van der Waals surface area contributed by atoms with E-state index in [2.05, 4.69) is 10.1 Å². The second kappa shape index (κ2) is 8.48. The van der Waals surface area contributed by atoms with E-state index < -0.39 is 10.8 Å². The predicted octanol–water partition coefficient (Wildman–Crippen LogP) is 2.17. The van der Waals surface area contributed by atoms with Crippen molar-refractivity contribution in [3.05, 3.63) is 44.8 Å². The standard InChI is InChI=1S/C19H24N4O6/c1-12-15(13(2)29-20-12)11-21-5-7-22(8-6-21)19(24)14-9-17(27-3)18(28-4)10-16(14)23(25)26/h9-10H,5-8,11H2,1-4H3. The van der Waals surface area contributed by atoms with E-state index in [1.807, 2.05) is 13.8 Å². The highest BCUT2D eigenvalue weighted by Gasteiger charge is 2.30. The molecule has 1 saturated heterocycles. The highest BCUT2D eigenvalue weighted by molar-refractivity contribution is 5.99. The Kier molecular flexibility index (Phi) is 6.02. The zero-order valence-electron chi connectivity index (χ0n) is 16.9. The fourth-order valence-electron chi connectivity index (χ4n) is 3.42. The summed E-state index contributed by atoms with van der Waals surface area (Å²) in [6.07, 6.45) is 0. The quantitative estimate of drug-likeness (QED) is 0.532. The molecule has 0 radical (unpaired) electrons. The first kappa shape index (κ1) is 20.6. The van der Waals surface area contributed by atoms with Crippen molar-refractivity contribution in [3.8, 4) is 11.5 Å². The van der Waals surface area contributed by atoms with Gasteiger partial charge in [0.1, 0.15) is 11.3 Å². The maximum Gasteiger partial charge on any atom is 0.286 e. The Hall–Kier alpha value is -3.14. The second-order valence-electron chi connectivity index (χ2n) is 6.85. The van der Waals surface area contributed by atoms with Gasteiger partial charge in [-0.1, -0.05) is 5.16 Å². The van der Waals surface area contributed by atoms with E-state index in [0.29, 0.717) is 32.7 Å². The minimum Gasteiger partial charge on any atom is -0.493 e. The highest BCUT2D eigenvalue weighted by atomic mass is 16.6. The molecule has 0 N–H and O–H groups in total. The average Bonchev–Trinajstić information content (AvgIpc) is 3.04. The molecule has 0 bridgehead atoms. The third kappa shape index (κ3) is 4.16. The van der Waals surface area contributed by atoms with Gasteiger partial charge < -0.3 is 18.9 Å². The van der Waals surface area contributed by atoms with Gasteiger partial charge in [0.15, 0.2) is 11.5 Å². The van der Waals surface area contributed by atoms with Gasteiger partial charge in [0.2, 0.25) is 0 Å². The second-order valence-corrected chi connectivity index (χ2v) is 6.85.